The molecule has 3 aromatic rings. The normalized spacial score (nSPS) is 18.7. The molecule has 2 unspecified atom stereocenters. The van der Waals surface area contributed by atoms with Gasteiger partial charge in [0.15, 0.2) is 6.10 Å². The first kappa shape index (κ1) is 14.9. The predicted molar refractivity (Wildman–Crippen MR) is 95.5 cm³/mol. The molecule has 0 bridgehead atoms. The largest absolute Gasteiger partial charge is 0.480 e. The second-order valence-electron chi connectivity index (χ2n) is 5.75. The summed E-state index contributed by atoms with van der Waals surface area (Å²) in [6.45, 7) is 2.01. The highest BCUT2D eigenvalue weighted by Crippen LogP contribution is 2.38. The van der Waals surface area contributed by atoms with Crippen molar-refractivity contribution in [1.82, 2.24) is 4.98 Å². The van der Waals surface area contributed by atoms with Crippen LogP contribution in [0.15, 0.2) is 60.1 Å². The monoisotopic (exact) mass is 336 g/mol. The van der Waals surface area contributed by atoms with Crippen LogP contribution in [0.25, 0.3) is 11.3 Å². The molecule has 1 N–H and O–H groups in total. The Labute approximate surface area is 144 Å². The van der Waals surface area contributed by atoms with E-state index >= 15 is 0 Å². The molecule has 0 saturated carbocycles. The lowest BCUT2D eigenvalue weighted by atomic mass is 9.97. The van der Waals surface area contributed by atoms with Crippen LogP contribution >= 0.6 is 11.3 Å². The molecule has 4 nitrogen and oxygen atoms in total. The van der Waals surface area contributed by atoms with Gasteiger partial charge in [0.1, 0.15) is 16.4 Å². The zero-order chi connectivity index (χ0) is 16.5. The molecule has 1 aliphatic rings. The Balaban J connectivity index is 1.56. The van der Waals surface area contributed by atoms with Crippen LogP contribution in [0.1, 0.15) is 18.4 Å². The molecule has 0 radical (unpaired) electrons. The Hall–Kier alpha value is -2.66. The summed E-state index contributed by atoms with van der Waals surface area (Å²) >= 11 is 1.42. The maximum absolute atomic E-state index is 12.7. The van der Waals surface area contributed by atoms with E-state index < -0.39 is 6.10 Å². The maximum atomic E-state index is 12.7. The number of anilines is 1. The van der Waals surface area contributed by atoms with Crippen molar-refractivity contribution in [2.75, 3.05) is 5.32 Å². The molecule has 4 rings (SSSR count). The van der Waals surface area contributed by atoms with Gasteiger partial charge in [-0.15, -0.1) is 11.3 Å². The number of hydrogen-bond acceptors (Lipinski definition) is 4. The van der Waals surface area contributed by atoms with Crippen LogP contribution in [0.3, 0.4) is 0 Å². The third kappa shape index (κ3) is 2.57. The van der Waals surface area contributed by atoms with Crippen LogP contribution < -0.4 is 10.1 Å². The van der Waals surface area contributed by atoms with Gasteiger partial charge >= 0.3 is 0 Å². The molecule has 24 heavy (non-hydrogen) atoms. The minimum Gasteiger partial charge on any atom is -0.480 e. The highest BCUT2D eigenvalue weighted by molar-refractivity contribution is 7.14. The lowest BCUT2D eigenvalue weighted by molar-refractivity contribution is -0.122. The van der Waals surface area contributed by atoms with Crippen molar-refractivity contribution in [3.8, 4) is 17.0 Å². The SMILES string of the molecule is CC1c2ccccc2OC1C(=O)Nc1scnc1-c1ccccc1. The van der Waals surface area contributed by atoms with Crippen LogP contribution in [0.4, 0.5) is 5.00 Å². The fourth-order valence-corrected chi connectivity index (χ4v) is 3.67. The van der Waals surface area contributed by atoms with Crippen molar-refractivity contribution in [2.24, 2.45) is 0 Å². The molecule has 1 amide bonds. The fraction of sp³-hybridized carbons (Fsp3) is 0.158. The number of hydrogen-bond donors (Lipinski definition) is 1. The summed E-state index contributed by atoms with van der Waals surface area (Å²) in [5, 5.41) is 3.74. The number of amides is 1. The van der Waals surface area contributed by atoms with Gasteiger partial charge < -0.3 is 10.1 Å². The molecule has 0 saturated heterocycles. The van der Waals surface area contributed by atoms with E-state index in [4.69, 9.17) is 4.74 Å². The number of para-hydroxylation sites is 1. The molecule has 0 fully saturated rings. The number of rotatable bonds is 3. The van der Waals surface area contributed by atoms with Gasteiger partial charge in [0.2, 0.25) is 0 Å². The molecule has 120 valence electrons. The molecule has 1 aliphatic heterocycles. The quantitative estimate of drug-likeness (QED) is 0.775. The minimum absolute atomic E-state index is 0.0225. The second kappa shape index (κ2) is 6.09. The molecular weight excluding hydrogens is 320 g/mol. The number of benzene rings is 2. The van der Waals surface area contributed by atoms with Gasteiger partial charge in [-0.1, -0.05) is 55.5 Å². The summed E-state index contributed by atoms with van der Waals surface area (Å²) in [4.78, 5) is 17.1. The summed E-state index contributed by atoms with van der Waals surface area (Å²) < 4.78 is 5.85. The van der Waals surface area contributed by atoms with Gasteiger partial charge in [-0.05, 0) is 6.07 Å². The van der Waals surface area contributed by atoms with E-state index in [-0.39, 0.29) is 11.8 Å². The van der Waals surface area contributed by atoms with Crippen molar-refractivity contribution in [3.05, 3.63) is 65.7 Å². The van der Waals surface area contributed by atoms with Gasteiger partial charge in [-0.2, -0.15) is 0 Å². The predicted octanol–water partition coefficient (Wildman–Crippen LogP) is 4.31. The minimum atomic E-state index is -0.520. The summed E-state index contributed by atoms with van der Waals surface area (Å²) in [7, 11) is 0. The average Bonchev–Trinajstić information content (AvgIpc) is 3.21. The molecule has 2 aromatic carbocycles. The Morgan fingerprint density at radius 3 is 2.67 bits per heavy atom. The number of carbonyl (C=O) groups is 1. The number of thiazole rings is 1. The van der Waals surface area contributed by atoms with Crippen molar-refractivity contribution in [2.45, 2.75) is 18.9 Å². The summed E-state index contributed by atoms with van der Waals surface area (Å²) in [6, 6.07) is 17.6. The Morgan fingerprint density at radius 1 is 1.12 bits per heavy atom. The van der Waals surface area contributed by atoms with Crippen LogP contribution in [0, 0.1) is 0 Å². The van der Waals surface area contributed by atoms with Crippen LogP contribution in [0.5, 0.6) is 5.75 Å². The lowest BCUT2D eigenvalue weighted by Gasteiger charge is -2.15. The van der Waals surface area contributed by atoms with Crippen molar-refractivity contribution in [1.29, 1.82) is 0 Å². The van der Waals surface area contributed by atoms with Crippen LogP contribution in [-0.2, 0) is 4.79 Å². The molecule has 0 spiro atoms. The van der Waals surface area contributed by atoms with E-state index in [1.54, 1.807) is 5.51 Å². The van der Waals surface area contributed by atoms with Crippen LogP contribution in [0.2, 0.25) is 0 Å². The average molecular weight is 336 g/mol. The van der Waals surface area contributed by atoms with Crippen molar-refractivity contribution < 1.29 is 9.53 Å². The lowest BCUT2D eigenvalue weighted by Crippen LogP contribution is -2.33. The van der Waals surface area contributed by atoms with Gasteiger partial charge in [0, 0.05) is 17.0 Å². The standard InChI is InChI=1S/C19H16N2O2S/c1-12-14-9-5-6-10-15(14)23-17(12)18(22)21-19-16(20-11-24-19)13-7-3-2-4-8-13/h2-12,17H,1H3,(H,21,22). The Kier molecular flexibility index (Phi) is 3.78. The van der Waals surface area contributed by atoms with E-state index in [0.29, 0.717) is 0 Å². The van der Waals surface area contributed by atoms with E-state index in [2.05, 4.69) is 10.3 Å². The number of carbonyl (C=O) groups excluding carboxylic acids is 1. The van der Waals surface area contributed by atoms with E-state index in [9.17, 15) is 4.79 Å². The number of ether oxygens (including phenoxy) is 1. The van der Waals surface area contributed by atoms with Crippen molar-refractivity contribution >= 4 is 22.2 Å². The van der Waals surface area contributed by atoms with Crippen molar-refractivity contribution in [3.63, 3.8) is 0 Å². The maximum Gasteiger partial charge on any atom is 0.266 e. The molecule has 2 heterocycles. The molecule has 2 atom stereocenters. The topological polar surface area (TPSA) is 51.2 Å². The van der Waals surface area contributed by atoms with Crippen LogP contribution in [-0.4, -0.2) is 17.0 Å². The molecule has 5 heteroatoms. The Bertz CT molecular complexity index is 876. The zero-order valence-corrected chi connectivity index (χ0v) is 13.9. The van der Waals surface area contributed by atoms with Gasteiger partial charge in [0.05, 0.1) is 5.51 Å². The van der Waals surface area contributed by atoms with E-state index in [1.807, 2.05) is 61.5 Å². The first-order valence-electron chi connectivity index (χ1n) is 7.79. The third-order valence-corrected chi connectivity index (χ3v) is 4.97. The Morgan fingerprint density at radius 2 is 1.88 bits per heavy atom. The summed E-state index contributed by atoms with van der Waals surface area (Å²) in [5.41, 5.74) is 4.59. The van der Waals surface area contributed by atoms with Gasteiger partial charge in [-0.3, -0.25) is 4.79 Å². The smallest absolute Gasteiger partial charge is 0.266 e. The highest BCUT2D eigenvalue weighted by atomic mass is 32.1. The summed E-state index contributed by atoms with van der Waals surface area (Å²) in [6.07, 6.45) is -0.520. The fourth-order valence-electron chi connectivity index (χ4n) is 2.97. The number of aromatic nitrogens is 1. The molecular formula is C19H16N2O2S. The third-order valence-electron chi connectivity index (χ3n) is 4.23. The number of nitrogens with zero attached hydrogens (tertiary/aromatic N) is 1. The second-order valence-corrected chi connectivity index (χ2v) is 6.61. The first-order valence-corrected chi connectivity index (χ1v) is 8.67. The first-order chi connectivity index (χ1) is 11.7. The number of fused-ring (bicyclic) bond motifs is 1. The molecule has 0 aliphatic carbocycles. The van der Waals surface area contributed by atoms with Gasteiger partial charge in [-0.25, -0.2) is 4.98 Å². The van der Waals surface area contributed by atoms with Gasteiger partial charge in [0.25, 0.3) is 5.91 Å². The molecule has 1 aromatic heterocycles. The zero-order valence-electron chi connectivity index (χ0n) is 13.1. The van der Waals surface area contributed by atoms with E-state index in [1.165, 1.54) is 11.3 Å². The van der Waals surface area contributed by atoms with E-state index in [0.717, 1.165) is 27.6 Å². The summed E-state index contributed by atoms with van der Waals surface area (Å²) in [5.74, 6) is 0.673. The number of nitrogens with one attached hydrogen (secondary N) is 1. The highest BCUT2D eigenvalue weighted by Gasteiger charge is 2.36.